The maximum absolute atomic E-state index is 13.0. The molecule has 4 heterocycles. The summed E-state index contributed by atoms with van der Waals surface area (Å²) in [7, 11) is -3.60. The number of ether oxygens (including phenoxy) is 2. The standard InChI is InChI=1S/C19H20N4O5S2/c24-30(25,14-3-4-15-16(12-14)27-10-9-26-15)23-7-5-22(6-8-23)13-18-20-19(21-28-18)17-2-1-11-29-17/h1-4,11-12H,5-10,13H2. The van der Waals surface area contributed by atoms with E-state index >= 15 is 0 Å². The number of piperazine rings is 1. The van der Waals surface area contributed by atoms with Gasteiger partial charge in [-0.05, 0) is 23.6 Å². The molecule has 0 aliphatic carbocycles. The molecule has 0 bridgehead atoms. The maximum Gasteiger partial charge on any atom is 0.243 e. The van der Waals surface area contributed by atoms with Crippen molar-refractivity contribution in [1.29, 1.82) is 0 Å². The molecular formula is C19H20N4O5S2. The summed E-state index contributed by atoms with van der Waals surface area (Å²) in [5.41, 5.74) is 0. The summed E-state index contributed by atoms with van der Waals surface area (Å²) in [5.74, 6) is 2.16. The number of thiophene rings is 1. The van der Waals surface area contributed by atoms with Gasteiger partial charge in [-0.15, -0.1) is 11.3 Å². The van der Waals surface area contributed by atoms with Crippen LogP contribution in [0.1, 0.15) is 5.89 Å². The van der Waals surface area contributed by atoms with E-state index in [9.17, 15) is 8.42 Å². The van der Waals surface area contributed by atoms with Gasteiger partial charge in [0, 0.05) is 32.2 Å². The van der Waals surface area contributed by atoms with Gasteiger partial charge in [0.05, 0.1) is 16.3 Å². The number of nitrogens with zero attached hydrogens (tertiary/aromatic N) is 4. The van der Waals surface area contributed by atoms with E-state index in [2.05, 4.69) is 15.0 Å². The van der Waals surface area contributed by atoms with Crippen LogP contribution in [0.4, 0.5) is 0 Å². The van der Waals surface area contributed by atoms with Gasteiger partial charge in [-0.1, -0.05) is 11.2 Å². The van der Waals surface area contributed by atoms with Gasteiger partial charge in [0.1, 0.15) is 13.2 Å². The number of rotatable bonds is 5. The molecule has 1 saturated heterocycles. The average Bonchev–Trinajstić information content (AvgIpc) is 3.46. The van der Waals surface area contributed by atoms with Crippen molar-refractivity contribution in [1.82, 2.24) is 19.3 Å². The van der Waals surface area contributed by atoms with Crippen LogP contribution in [-0.4, -0.2) is 67.2 Å². The first-order valence-corrected chi connectivity index (χ1v) is 11.9. The van der Waals surface area contributed by atoms with E-state index in [1.807, 2.05) is 17.5 Å². The Balaban J connectivity index is 1.22. The molecule has 0 amide bonds. The zero-order valence-electron chi connectivity index (χ0n) is 16.1. The molecule has 1 aromatic carbocycles. The Morgan fingerprint density at radius 1 is 1.03 bits per heavy atom. The molecule has 2 aliphatic rings. The zero-order valence-corrected chi connectivity index (χ0v) is 17.7. The molecule has 0 saturated carbocycles. The molecule has 0 unspecified atom stereocenters. The predicted molar refractivity (Wildman–Crippen MR) is 109 cm³/mol. The number of sulfonamides is 1. The molecule has 158 valence electrons. The third-order valence-corrected chi connectivity index (χ3v) is 7.81. The fourth-order valence-electron chi connectivity index (χ4n) is 3.48. The summed E-state index contributed by atoms with van der Waals surface area (Å²) < 4.78 is 43.9. The van der Waals surface area contributed by atoms with E-state index in [-0.39, 0.29) is 4.90 Å². The van der Waals surface area contributed by atoms with Gasteiger partial charge < -0.3 is 14.0 Å². The Morgan fingerprint density at radius 3 is 2.60 bits per heavy atom. The second-order valence-electron chi connectivity index (χ2n) is 6.97. The summed E-state index contributed by atoms with van der Waals surface area (Å²) in [5, 5.41) is 5.99. The second kappa shape index (κ2) is 7.99. The molecule has 5 rings (SSSR count). The lowest BCUT2D eigenvalue weighted by atomic mass is 10.3. The monoisotopic (exact) mass is 448 g/mol. The predicted octanol–water partition coefficient (Wildman–Crippen LogP) is 2.08. The summed E-state index contributed by atoms with van der Waals surface area (Å²) >= 11 is 1.56. The number of benzene rings is 1. The molecular weight excluding hydrogens is 428 g/mol. The van der Waals surface area contributed by atoms with Crippen molar-refractivity contribution in [3.8, 4) is 22.2 Å². The van der Waals surface area contributed by atoms with Crippen molar-refractivity contribution < 1.29 is 22.4 Å². The maximum atomic E-state index is 13.0. The molecule has 2 aliphatic heterocycles. The van der Waals surface area contributed by atoms with E-state index in [0.717, 1.165) is 4.88 Å². The molecule has 11 heteroatoms. The first-order chi connectivity index (χ1) is 14.6. The minimum atomic E-state index is -3.60. The Labute approximate surface area is 177 Å². The normalized spacial score (nSPS) is 17.9. The van der Waals surface area contributed by atoms with Crippen LogP contribution in [0.15, 0.2) is 45.1 Å². The van der Waals surface area contributed by atoms with Gasteiger partial charge in [0.15, 0.2) is 11.5 Å². The smallest absolute Gasteiger partial charge is 0.243 e. The van der Waals surface area contributed by atoms with Gasteiger partial charge in [0.2, 0.25) is 21.7 Å². The minimum Gasteiger partial charge on any atom is -0.486 e. The highest BCUT2D eigenvalue weighted by Crippen LogP contribution is 2.33. The largest absolute Gasteiger partial charge is 0.486 e. The van der Waals surface area contributed by atoms with Crippen LogP contribution >= 0.6 is 11.3 Å². The summed E-state index contributed by atoms with van der Waals surface area (Å²) in [6.07, 6.45) is 0. The lowest BCUT2D eigenvalue weighted by Gasteiger charge is -2.33. The number of hydrogen-bond acceptors (Lipinski definition) is 9. The third-order valence-electron chi connectivity index (χ3n) is 5.05. The lowest BCUT2D eigenvalue weighted by molar-refractivity contribution is 0.163. The van der Waals surface area contributed by atoms with Gasteiger partial charge >= 0.3 is 0 Å². The molecule has 0 spiro atoms. The highest BCUT2D eigenvalue weighted by atomic mass is 32.2. The minimum absolute atomic E-state index is 0.220. The van der Waals surface area contributed by atoms with E-state index < -0.39 is 10.0 Å². The highest BCUT2D eigenvalue weighted by Gasteiger charge is 2.30. The van der Waals surface area contributed by atoms with Gasteiger partial charge in [-0.25, -0.2) is 8.42 Å². The summed E-state index contributed by atoms with van der Waals surface area (Å²) in [6, 6.07) is 8.65. The van der Waals surface area contributed by atoms with Crippen molar-refractivity contribution in [3.05, 3.63) is 41.6 Å². The van der Waals surface area contributed by atoms with E-state index in [0.29, 0.717) is 69.2 Å². The summed E-state index contributed by atoms with van der Waals surface area (Å²) in [4.78, 5) is 7.73. The van der Waals surface area contributed by atoms with E-state index in [1.54, 1.807) is 29.5 Å². The molecule has 0 radical (unpaired) electrons. The fourth-order valence-corrected chi connectivity index (χ4v) is 5.56. The van der Waals surface area contributed by atoms with Crippen molar-refractivity contribution in [2.75, 3.05) is 39.4 Å². The van der Waals surface area contributed by atoms with Crippen LogP contribution in [0.25, 0.3) is 10.7 Å². The van der Waals surface area contributed by atoms with Crippen molar-refractivity contribution in [2.24, 2.45) is 0 Å². The average molecular weight is 449 g/mol. The molecule has 9 nitrogen and oxygen atoms in total. The van der Waals surface area contributed by atoms with E-state index in [1.165, 1.54) is 4.31 Å². The summed E-state index contributed by atoms with van der Waals surface area (Å²) in [6.45, 7) is 3.33. The van der Waals surface area contributed by atoms with Gasteiger partial charge in [0.25, 0.3) is 0 Å². The van der Waals surface area contributed by atoms with Crippen molar-refractivity contribution in [2.45, 2.75) is 11.4 Å². The molecule has 0 atom stereocenters. The molecule has 3 aromatic rings. The number of aromatic nitrogens is 2. The van der Waals surface area contributed by atoms with Crippen LogP contribution in [-0.2, 0) is 16.6 Å². The Hall–Kier alpha value is -2.47. The Morgan fingerprint density at radius 2 is 1.83 bits per heavy atom. The molecule has 30 heavy (non-hydrogen) atoms. The van der Waals surface area contributed by atoms with Crippen molar-refractivity contribution in [3.63, 3.8) is 0 Å². The number of hydrogen-bond donors (Lipinski definition) is 0. The fraction of sp³-hybridized carbons (Fsp3) is 0.368. The Bertz CT molecular complexity index is 1120. The zero-order chi connectivity index (χ0) is 20.6. The van der Waals surface area contributed by atoms with Crippen LogP contribution in [0.3, 0.4) is 0 Å². The molecule has 0 N–H and O–H groups in total. The number of fused-ring (bicyclic) bond motifs is 1. The SMILES string of the molecule is O=S(=O)(c1ccc2c(c1)OCCO2)N1CCN(Cc2nc(-c3cccs3)no2)CC1. The molecule has 1 fully saturated rings. The third kappa shape index (κ3) is 3.81. The van der Waals surface area contributed by atoms with Crippen LogP contribution in [0.2, 0.25) is 0 Å². The van der Waals surface area contributed by atoms with Crippen LogP contribution < -0.4 is 9.47 Å². The van der Waals surface area contributed by atoms with Gasteiger partial charge in [-0.3, -0.25) is 4.90 Å². The quantitative estimate of drug-likeness (QED) is 0.585. The Kier molecular flexibility index (Phi) is 5.19. The second-order valence-corrected chi connectivity index (χ2v) is 9.86. The first-order valence-electron chi connectivity index (χ1n) is 9.58. The highest BCUT2D eigenvalue weighted by molar-refractivity contribution is 7.89. The van der Waals surface area contributed by atoms with Crippen molar-refractivity contribution >= 4 is 21.4 Å². The van der Waals surface area contributed by atoms with Gasteiger partial charge in [-0.2, -0.15) is 9.29 Å². The molecule has 2 aromatic heterocycles. The van der Waals surface area contributed by atoms with Crippen LogP contribution in [0, 0.1) is 0 Å². The van der Waals surface area contributed by atoms with Crippen LogP contribution in [0.5, 0.6) is 11.5 Å². The topological polar surface area (TPSA) is 98.0 Å². The first kappa shape index (κ1) is 19.5. The lowest BCUT2D eigenvalue weighted by Crippen LogP contribution is -2.48. The van der Waals surface area contributed by atoms with E-state index in [4.69, 9.17) is 14.0 Å².